The second kappa shape index (κ2) is 7.13. The van der Waals surface area contributed by atoms with Crippen molar-refractivity contribution in [1.82, 2.24) is 4.90 Å². The molecule has 1 aliphatic rings. The van der Waals surface area contributed by atoms with E-state index >= 15 is 0 Å². The van der Waals surface area contributed by atoms with Gasteiger partial charge in [0.05, 0.1) is 0 Å². The lowest BCUT2D eigenvalue weighted by atomic mass is 10.0. The Balaban J connectivity index is 2.29. The summed E-state index contributed by atoms with van der Waals surface area (Å²) in [5.74, 6) is 0. The third-order valence-electron chi connectivity index (χ3n) is 2.84. The van der Waals surface area contributed by atoms with Gasteiger partial charge in [-0.25, -0.2) is 4.79 Å². The van der Waals surface area contributed by atoms with Crippen molar-refractivity contribution in [3.05, 3.63) is 22.2 Å². The lowest BCUT2D eigenvalue weighted by Gasteiger charge is -2.24. The molecule has 3 nitrogen and oxygen atoms in total. The van der Waals surface area contributed by atoms with E-state index in [9.17, 15) is 4.79 Å². The SMILES string of the molecule is CN(CCCC1=CC(Br)=CCC1)C(=O)OC(C)(C)C. The number of carbonyl (C=O) groups excluding carboxylic acids is 1. The Labute approximate surface area is 124 Å². The zero-order valence-corrected chi connectivity index (χ0v) is 13.9. The van der Waals surface area contributed by atoms with Crippen molar-refractivity contribution in [3.8, 4) is 0 Å². The number of allylic oxidation sites excluding steroid dienone is 4. The number of nitrogens with zero attached hydrogens (tertiary/aromatic N) is 1. The molecule has 1 amide bonds. The first kappa shape index (κ1) is 16.3. The maximum absolute atomic E-state index is 11.8. The molecule has 0 radical (unpaired) electrons. The van der Waals surface area contributed by atoms with Gasteiger partial charge in [-0.3, -0.25) is 0 Å². The molecule has 0 aromatic heterocycles. The van der Waals surface area contributed by atoms with Crippen molar-refractivity contribution in [2.75, 3.05) is 13.6 Å². The molecule has 0 aliphatic heterocycles. The number of amides is 1. The zero-order valence-electron chi connectivity index (χ0n) is 12.3. The van der Waals surface area contributed by atoms with Crippen LogP contribution in [0.15, 0.2) is 22.2 Å². The van der Waals surface area contributed by atoms with E-state index in [1.807, 2.05) is 20.8 Å². The van der Waals surface area contributed by atoms with Crippen molar-refractivity contribution in [3.63, 3.8) is 0 Å². The van der Waals surface area contributed by atoms with Crippen LogP contribution in [-0.4, -0.2) is 30.2 Å². The van der Waals surface area contributed by atoms with E-state index in [1.54, 1.807) is 11.9 Å². The molecule has 0 bridgehead atoms. The monoisotopic (exact) mass is 329 g/mol. The molecule has 1 aliphatic carbocycles. The van der Waals surface area contributed by atoms with Gasteiger partial charge in [-0.05, 0) is 52.5 Å². The molecule has 0 unspecified atom stereocenters. The summed E-state index contributed by atoms with van der Waals surface area (Å²) < 4.78 is 6.49. The Morgan fingerprint density at radius 2 is 2.16 bits per heavy atom. The zero-order chi connectivity index (χ0) is 14.5. The molecular weight excluding hydrogens is 306 g/mol. The van der Waals surface area contributed by atoms with Gasteiger partial charge in [-0.2, -0.15) is 0 Å². The van der Waals surface area contributed by atoms with Crippen LogP contribution in [0.2, 0.25) is 0 Å². The van der Waals surface area contributed by atoms with Gasteiger partial charge in [0.1, 0.15) is 5.60 Å². The van der Waals surface area contributed by atoms with Gasteiger partial charge in [0.15, 0.2) is 0 Å². The first-order chi connectivity index (χ1) is 8.78. The highest BCUT2D eigenvalue weighted by molar-refractivity contribution is 9.11. The first-order valence-corrected chi connectivity index (χ1v) is 7.56. The van der Waals surface area contributed by atoms with E-state index in [1.165, 1.54) is 10.1 Å². The smallest absolute Gasteiger partial charge is 0.410 e. The molecule has 0 heterocycles. The number of halogens is 1. The minimum Gasteiger partial charge on any atom is -0.444 e. The molecule has 0 aromatic carbocycles. The van der Waals surface area contributed by atoms with E-state index in [0.29, 0.717) is 0 Å². The highest BCUT2D eigenvalue weighted by Crippen LogP contribution is 2.24. The Morgan fingerprint density at radius 1 is 1.47 bits per heavy atom. The average molecular weight is 330 g/mol. The van der Waals surface area contributed by atoms with Crippen molar-refractivity contribution in [2.45, 2.75) is 52.1 Å². The molecule has 0 saturated carbocycles. The third kappa shape index (κ3) is 6.81. The van der Waals surface area contributed by atoms with Crippen molar-refractivity contribution < 1.29 is 9.53 Å². The fourth-order valence-electron chi connectivity index (χ4n) is 1.89. The number of carbonyl (C=O) groups is 1. The van der Waals surface area contributed by atoms with E-state index in [2.05, 4.69) is 28.1 Å². The molecule has 19 heavy (non-hydrogen) atoms. The van der Waals surface area contributed by atoms with Crippen LogP contribution in [0.25, 0.3) is 0 Å². The highest BCUT2D eigenvalue weighted by Gasteiger charge is 2.19. The van der Waals surface area contributed by atoms with Crippen LogP contribution in [0, 0.1) is 0 Å². The largest absolute Gasteiger partial charge is 0.444 e. The Hall–Kier alpha value is -0.770. The number of hydrogen-bond donors (Lipinski definition) is 0. The quantitative estimate of drug-likeness (QED) is 0.752. The molecule has 0 saturated heterocycles. The Kier molecular flexibility index (Phi) is 6.11. The summed E-state index contributed by atoms with van der Waals surface area (Å²) in [7, 11) is 1.79. The summed E-state index contributed by atoms with van der Waals surface area (Å²) in [6.45, 7) is 6.38. The fourth-order valence-corrected chi connectivity index (χ4v) is 2.45. The van der Waals surface area contributed by atoms with E-state index in [-0.39, 0.29) is 6.09 Å². The van der Waals surface area contributed by atoms with Crippen LogP contribution in [0.4, 0.5) is 4.79 Å². The van der Waals surface area contributed by atoms with Crippen molar-refractivity contribution in [2.24, 2.45) is 0 Å². The minimum absolute atomic E-state index is 0.244. The van der Waals surface area contributed by atoms with E-state index in [4.69, 9.17) is 4.74 Å². The summed E-state index contributed by atoms with van der Waals surface area (Å²) in [4.78, 5) is 13.4. The molecule has 0 aromatic rings. The van der Waals surface area contributed by atoms with Crippen molar-refractivity contribution >= 4 is 22.0 Å². The number of rotatable bonds is 4. The van der Waals surface area contributed by atoms with Crippen molar-refractivity contribution in [1.29, 1.82) is 0 Å². The summed E-state index contributed by atoms with van der Waals surface area (Å²) in [6, 6.07) is 0. The van der Waals surface area contributed by atoms with Gasteiger partial charge in [-0.1, -0.05) is 27.6 Å². The third-order valence-corrected chi connectivity index (χ3v) is 3.40. The summed E-state index contributed by atoms with van der Waals surface area (Å²) >= 11 is 3.51. The second-order valence-corrected chi connectivity index (χ2v) is 6.85. The first-order valence-electron chi connectivity index (χ1n) is 6.77. The molecule has 0 spiro atoms. The summed E-state index contributed by atoms with van der Waals surface area (Å²) in [5, 5.41) is 0. The normalized spacial score (nSPS) is 15.6. The van der Waals surface area contributed by atoms with Crippen LogP contribution in [0.1, 0.15) is 46.5 Å². The average Bonchev–Trinajstić information content (AvgIpc) is 2.26. The van der Waals surface area contributed by atoms with E-state index in [0.717, 1.165) is 32.2 Å². The van der Waals surface area contributed by atoms with Crippen LogP contribution in [0.5, 0.6) is 0 Å². The van der Waals surface area contributed by atoms with Gasteiger partial charge < -0.3 is 9.64 Å². The lowest BCUT2D eigenvalue weighted by Crippen LogP contribution is -2.34. The molecule has 4 heteroatoms. The fraction of sp³-hybridized carbons (Fsp3) is 0.667. The minimum atomic E-state index is -0.424. The van der Waals surface area contributed by atoms with Gasteiger partial charge in [0.2, 0.25) is 0 Å². The highest BCUT2D eigenvalue weighted by atomic mass is 79.9. The van der Waals surface area contributed by atoms with Gasteiger partial charge in [0.25, 0.3) is 0 Å². The molecule has 108 valence electrons. The topological polar surface area (TPSA) is 29.5 Å². The molecule has 0 fully saturated rings. The lowest BCUT2D eigenvalue weighted by molar-refractivity contribution is 0.0297. The summed E-state index contributed by atoms with van der Waals surface area (Å²) in [6.07, 6.45) is 8.39. The predicted octanol–water partition coefficient (Wildman–Crippen LogP) is 4.63. The Bertz CT molecular complexity index is 380. The number of hydrogen-bond acceptors (Lipinski definition) is 2. The summed E-state index contributed by atoms with van der Waals surface area (Å²) in [5.41, 5.74) is 1.03. The van der Waals surface area contributed by atoms with Crippen LogP contribution >= 0.6 is 15.9 Å². The van der Waals surface area contributed by atoms with Crippen LogP contribution in [0.3, 0.4) is 0 Å². The van der Waals surface area contributed by atoms with E-state index < -0.39 is 5.60 Å². The molecule has 0 atom stereocenters. The van der Waals surface area contributed by atoms with Crippen LogP contribution in [-0.2, 0) is 4.74 Å². The van der Waals surface area contributed by atoms with Crippen LogP contribution < -0.4 is 0 Å². The van der Waals surface area contributed by atoms with Gasteiger partial charge >= 0.3 is 6.09 Å². The molecular formula is C15H24BrNO2. The maximum Gasteiger partial charge on any atom is 0.410 e. The standard InChI is InChI=1S/C15H24BrNO2/c1-15(2,3)19-14(18)17(4)10-6-8-12-7-5-9-13(16)11-12/h9,11H,5-8,10H2,1-4H3. The second-order valence-electron chi connectivity index (χ2n) is 5.94. The predicted molar refractivity (Wildman–Crippen MR) is 82.4 cm³/mol. The Morgan fingerprint density at radius 3 is 2.74 bits per heavy atom. The molecule has 1 rings (SSSR count). The molecule has 0 N–H and O–H groups in total. The number of ether oxygens (including phenoxy) is 1. The van der Waals surface area contributed by atoms with Gasteiger partial charge in [0, 0.05) is 18.1 Å². The van der Waals surface area contributed by atoms with Gasteiger partial charge in [-0.15, -0.1) is 0 Å². The maximum atomic E-state index is 11.8.